The molecular formula is C12H15NO2S. The van der Waals surface area contributed by atoms with Gasteiger partial charge in [0.25, 0.3) is 0 Å². The molecule has 0 atom stereocenters. The van der Waals surface area contributed by atoms with Crippen molar-refractivity contribution in [1.82, 2.24) is 0 Å². The molecule has 3 nitrogen and oxygen atoms in total. The number of nitrogens with one attached hydrogen (secondary N) is 1. The molecule has 0 unspecified atom stereocenters. The molecule has 0 aromatic heterocycles. The molecule has 1 rings (SSSR count). The smallest absolute Gasteiger partial charge is 0.331 e. The van der Waals surface area contributed by atoms with E-state index in [1.165, 1.54) is 4.90 Å². The van der Waals surface area contributed by atoms with E-state index in [4.69, 9.17) is 5.11 Å². The highest BCUT2D eigenvalue weighted by atomic mass is 32.2. The molecule has 86 valence electrons. The number of carboxylic acid groups (broad SMARTS) is 1. The first-order valence-corrected chi connectivity index (χ1v) is 6.14. The lowest BCUT2D eigenvalue weighted by Gasteiger charge is -2.04. The Kier molecular flexibility index (Phi) is 4.92. The van der Waals surface area contributed by atoms with Crippen LogP contribution in [-0.2, 0) is 4.79 Å². The van der Waals surface area contributed by atoms with Crippen LogP contribution in [-0.4, -0.2) is 23.9 Å². The van der Waals surface area contributed by atoms with Gasteiger partial charge in [0.15, 0.2) is 0 Å². The molecule has 0 bridgehead atoms. The maximum atomic E-state index is 10.5. The number of anilines is 1. The molecule has 0 saturated carbocycles. The van der Waals surface area contributed by atoms with Crippen molar-refractivity contribution in [2.75, 3.05) is 18.1 Å². The fraction of sp³-hybridized carbons (Fsp3) is 0.250. The van der Waals surface area contributed by atoms with Crippen LogP contribution >= 0.6 is 11.8 Å². The summed E-state index contributed by atoms with van der Waals surface area (Å²) in [7, 11) is 0. The van der Waals surface area contributed by atoms with E-state index < -0.39 is 5.97 Å². The molecule has 0 aliphatic rings. The van der Waals surface area contributed by atoms with E-state index in [-0.39, 0.29) is 0 Å². The Bertz CT molecular complexity index is 385. The van der Waals surface area contributed by atoms with Gasteiger partial charge in [-0.1, -0.05) is 6.08 Å². The third-order valence-corrected chi connectivity index (χ3v) is 2.89. The number of hydrogen-bond acceptors (Lipinski definition) is 3. The van der Waals surface area contributed by atoms with Gasteiger partial charge < -0.3 is 10.4 Å². The van der Waals surface area contributed by atoms with Gasteiger partial charge in [-0.05, 0) is 37.4 Å². The first-order valence-electron chi connectivity index (χ1n) is 4.91. The van der Waals surface area contributed by atoms with E-state index in [9.17, 15) is 4.79 Å². The van der Waals surface area contributed by atoms with Gasteiger partial charge in [0.05, 0.1) is 0 Å². The highest BCUT2D eigenvalue weighted by Gasteiger charge is 1.97. The monoisotopic (exact) mass is 237 g/mol. The molecule has 2 N–H and O–H groups in total. The number of benzene rings is 1. The second-order valence-electron chi connectivity index (χ2n) is 3.30. The van der Waals surface area contributed by atoms with Crippen LogP contribution < -0.4 is 5.32 Å². The van der Waals surface area contributed by atoms with Gasteiger partial charge in [-0.25, -0.2) is 4.79 Å². The van der Waals surface area contributed by atoms with Gasteiger partial charge in [0, 0.05) is 22.7 Å². The summed E-state index contributed by atoms with van der Waals surface area (Å²) in [5.41, 5.74) is 1.35. The van der Waals surface area contributed by atoms with E-state index in [1.807, 2.05) is 30.5 Å². The first-order chi connectivity index (χ1) is 7.63. The Morgan fingerprint density at radius 3 is 2.56 bits per heavy atom. The molecule has 0 saturated heterocycles. The quantitative estimate of drug-likeness (QED) is 0.610. The lowest BCUT2D eigenvalue weighted by Crippen LogP contribution is -2.02. The highest BCUT2D eigenvalue weighted by Crippen LogP contribution is 2.17. The maximum Gasteiger partial charge on any atom is 0.331 e. The molecule has 4 heteroatoms. The Morgan fingerprint density at radius 1 is 1.44 bits per heavy atom. The average molecular weight is 237 g/mol. The minimum atomic E-state index is -0.875. The van der Waals surface area contributed by atoms with Crippen molar-refractivity contribution in [1.29, 1.82) is 0 Å². The zero-order valence-electron chi connectivity index (χ0n) is 9.36. The van der Waals surface area contributed by atoms with Crippen LogP contribution in [0.15, 0.2) is 40.8 Å². The van der Waals surface area contributed by atoms with Crippen molar-refractivity contribution in [3.05, 3.63) is 35.9 Å². The van der Waals surface area contributed by atoms with Crippen LogP contribution in [0.4, 0.5) is 5.69 Å². The van der Waals surface area contributed by atoms with E-state index in [2.05, 4.69) is 5.32 Å². The molecule has 0 fully saturated rings. The lowest BCUT2D eigenvalue weighted by atomic mass is 10.3. The summed E-state index contributed by atoms with van der Waals surface area (Å²) in [6, 6.07) is 8.02. The van der Waals surface area contributed by atoms with Gasteiger partial charge >= 0.3 is 5.97 Å². The standard InChI is InChI=1S/C12H15NO2S/c1-9(12(14)15)7-8-13-10-3-5-11(16-2)6-4-10/h3-7,13H,8H2,1-2H3,(H,14,15)/b9-7-. The van der Waals surface area contributed by atoms with Crippen molar-refractivity contribution in [2.24, 2.45) is 0 Å². The number of aliphatic carboxylic acids is 1. The van der Waals surface area contributed by atoms with Crippen LogP contribution in [0.3, 0.4) is 0 Å². The molecular weight excluding hydrogens is 222 g/mol. The van der Waals surface area contributed by atoms with Crippen LogP contribution in [0.5, 0.6) is 0 Å². The van der Waals surface area contributed by atoms with Crippen molar-refractivity contribution in [3.63, 3.8) is 0 Å². The third-order valence-electron chi connectivity index (χ3n) is 2.14. The predicted molar refractivity (Wildman–Crippen MR) is 68.1 cm³/mol. The number of thioether (sulfide) groups is 1. The second kappa shape index (κ2) is 6.23. The summed E-state index contributed by atoms with van der Waals surface area (Å²) in [4.78, 5) is 11.7. The summed E-state index contributed by atoms with van der Waals surface area (Å²) in [6.45, 7) is 2.11. The molecule has 1 aromatic carbocycles. The average Bonchev–Trinajstić information content (AvgIpc) is 2.29. The molecule has 0 aliphatic heterocycles. The van der Waals surface area contributed by atoms with Crippen molar-refractivity contribution >= 4 is 23.4 Å². The Labute approximate surface area is 99.6 Å². The summed E-state index contributed by atoms with van der Waals surface area (Å²) in [5.74, 6) is -0.875. The lowest BCUT2D eigenvalue weighted by molar-refractivity contribution is -0.132. The molecule has 16 heavy (non-hydrogen) atoms. The zero-order chi connectivity index (χ0) is 12.0. The largest absolute Gasteiger partial charge is 0.478 e. The predicted octanol–water partition coefficient (Wildman–Crippen LogP) is 2.85. The van der Waals surface area contributed by atoms with E-state index in [0.717, 1.165) is 5.69 Å². The fourth-order valence-electron chi connectivity index (χ4n) is 1.12. The number of rotatable bonds is 5. The first kappa shape index (κ1) is 12.6. The number of carbonyl (C=O) groups is 1. The molecule has 0 amide bonds. The molecule has 0 heterocycles. The Morgan fingerprint density at radius 2 is 2.06 bits per heavy atom. The number of hydrogen-bond donors (Lipinski definition) is 2. The van der Waals surface area contributed by atoms with E-state index in [1.54, 1.807) is 24.8 Å². The Hall–Kier alpha value is -1.42. The molecule has 0 radical (unpaired) electrons. The van der Waals surface area contributed by atoms with Gasteiger partial charge in [0.1, 0.15) is 0 Å². The van der Waals surface area contributed by atoms with Crippen LogP contribution in [0.2, 0.25) is 0 Å². The third kappa shape index (κ3) is 3.98. The topological polar surface area (TPSA) is 49.3 Å². The van der Waals surface area contributed by atoms with Gasteiger partial charge in [-0.2, -0.15) is 0 Å². The van der Waals surface area contributed by atoms with Crippen molar-refractivity contribution < 1.29 is 9.90 Å². The van der Waals surface area contributed by atoms with Crippen LogP contribution in [0, 0.1) is 0 Å². The maximum absolute atomic E-state index is 10.5. The summed E-state index contributed by atoms with van der Waals surface area (Å²) >= 11 is 1.69. The highest BCUT2D eigenvalue weighted by molar-refractivity contribution is 7.98. The van der Waals surface area contributed by atoms with Crippen LogP contribution in [0.25, 0.3) is 0 Å². The second-order valence-corrected chi connectivity index (χ2v) is 4.18. The summed E-state index contributed by atoms with van der Waals surface area (Å²) in [6.07, 6.45) is 3.69. The Balaban J connectivity index is 2.49. The minimum Gasteiger partial charge on any atom is -0.478 e. The molecule has 0 spiro atoms. The normalized spacial score (nSPS) is 11.2. The van der Waals surface area contributed by atoms with Crippen LogP contribution in [0.1, 0.15) is 6.92 Å². The molecule has 1 aromatic rings. The SMILES string of the molecule is CSc1ccc(NC/C=C(/C)C(=O)O)cc1. The van der Waals surface area contributed by atoms with Gasteiger partial charge in [-0.15, -0.1) is 11.8 Å². The van der Waals surface area contributed by atoms with E-state index >= 15 is 0 Å². The molecule has 0 aliphatic carbocycles. The van der Waals surface area contributed by atoms with E-state index in [0.29, 0.717) is 12.1 Å². The summed E-state index contributed by atoms with van der Waals surface area (Å²) < 4.78 is 0. The van der Waals surface area contributed by atoms with Gasteiger partial charge in [0.2, 0.25) is 0 Å². The van der Waals surface area contributed by atoms with Gasteiger partial charge in [-0.3, -0.25) is 0 Å². The van der Waals surface area contributed by atoms with Crippen molar-refractivity contribution in [2.45, 2.75) is 11.8 Å². The summed E-state index contributed by atoms with van der Waals surface area (Å²) in [5, 5.41) is 11.8. The number of carboxylic acids is 1. The van der Waals surface area contributed by atoms with Crippen molar-refractivity contribution in [3.8, 4) is 0 Å². The zero-order valence-corrected chi connectivity index (χ0v) is 10.2. The fourth-order valence-corrected chi connectivity index (χ4v) is 1.53. The minimum absolute atomic E-state index is 0.355.